The van der Waals surface area contributed by atoms with Crippen molar-refractivity contribution < 1.29 is 4.42 Å². The van der Waals surface area contributed by atoms with E-state index in [-0.39, 0.29) is 0 Å². The maximum atomic E-state index is 5.57. The molecule has 2 heterocycles. The number of hydrogen-bond donors (Lipinski definition) is 2. The van der Waals surface area contributed by atoms with E-state index in [4.69, 9.17) is 10.2 Å². The number of aromatic nitrogens is 1. The third-order valence-electron chi connectivity index (χ3n) is 2.81. The third kappa shape index (κ3) is 1.81. The van der Waals surface area contributed by atoms with Gasteiger partial charge in [-0.1, -0.05) is 6.92 Å². The highest BCUT2D eigenvalue weighted by Crippen LogP contribution is 2.23. The molecule has 2 unspecified atom stereocenters. The van der Waals surface area contributed by atoms with Gasteiger partial charge in [0.1, 0.15) is 6.26 Å². The van der Waals surface area contributed by atoms with E-state index in [2.05, 4.69) is 17.2 Å². The fraction of sp³-hybridized carbons (Fsp3) is 0.700. The lowest BCUT2D eigenvalue weighted by atomic mass is 10.1. The molecule has 0 amide bonds. The molecule has 4 heteroatoms. The van der Waals surface area contributed by atoms with E-state index in [0.29, 0.717) is 18.4 Å². The Labute approximate surface area is 83.9 Å². The first-order valence-corrected chi connectivity index (χ1v) is 5.17. The van der Waals surface area contributed by atoms with Crippen LogP contribution in [0.3, 0.4) is 0 Å². The second-order valence-corrected chi connectivity index (χ2v) is 3.94. The first-order chi connectivity index (χ1) is 6.81. The van der Waals surface area contributed by atoms with Gasteiger partial charge in [-0.15, -0.1) is 0 Å². The molecule has 4 nitrogen and oxygen atoms in total. The molecule has 0 spiro atoms. The number of hydrogen-bond acceptors (Lipinski definition) is 4. The van der Waals surface area contributed by atoms with Gasteiger partial charge in [-0.2, -0.15) is 0 Å². The summed E-state index contributed by atoms with van der Waals surface area (Å²) in [4.78, 5) is 4.48. The van der Waals surface area contributed by atoms with Crippen LogP contribution in [0.15, 0.2) is 10.7 Å². The molecular weight excluding hydrogens is 178 g/mol. The molecule has 0 aromatic carbocycles. The van der Waals surface area contributed by atoms with E-state index in [1.165, 1.54) is 0 Å². The Balaban J connectivity index is 2.08. The standard InChI is InChI=1S/C10H17N3O/c1-7(4-11)9-6-14-10(13-9)8-2-3-12-5-8/h6-8,12H,2-5,11H2,1H3. The second-order valence-electron chi connectivity index (χ2n) is 3.94. The van der Waals surface area contributed by atoms with Crippen LogP contribution in [-0.2, 0) is 0 Å². The highest BCUT2D eigenvalue weighted by molar-refractivity contribution is 5.07. The SMILES string of the molecule is CC(CN)c1coc(C2CCNC2)n1. The van der Waals surface area contributed by atoms with Gasteiger partial charge in [-0.3, -0.25) is 0 Å². The van der Waals surface area contributed by atoms with Crippen LogP contribution >= 0.6 is 0 Å². The highest BCUT2D eigenvalue weighted by Gasteiger charge is 2.22. The van der Waals surface area contributed by atoms with Crippen LogP contribution in [0, 0.1) is 0 Å². The highest BCUT2D eigenvalue weighted by atomic mass is 16.3. The first-order valence-electron chi connectivity index (χ1n) is 5.17. The normalized spacial score (nSPS) is 24.0. The smallest absolute Gasteiger partial charge is 0.198 e. The molecule has 0 bridgehead atoms. The second kappa shape index (κ2) is 4.11. The van der Waals surface area contributed by atoms with Gasteiger partial charge in [0.15, 0.2) is 5.89 Å². The average Bonchev–Trinajstić information content (AvgIpc) is 2.86. The summed E-state index contributed by atoms with van der Waals surface area (Å²) in [6, 6.07) is 0. The molecule has 0 radical (unpaired) electrons. The minimum Gasteiger partial charge on any atom is -0.448 e. The summed E-state index contributed by atoms with van der Waals surface area (Å²) in [5.41, 5.74) is 6.55. The van der Waals surface area contributed by atoms with Gasteiger partial charge in [-0.05, 0) is 13.0 Å². The molecule has 1 fully saturated rings. The molecule has 1 aromatic heterocycles. The molecule has 1 saturated heterocycles. The Morgan fingerprint density at radius 1 is 1.79 bits per heavy atom. The minimum atomic E-state index is 0.293. The molecule has 2 atom stereocenters. The molecule has 2 rings (SSSR count). The zero-order valence-electron chi connectivity index (χ0n) is 8.49. The summed E-state index contributed by atoms with van der Waals surface area (Å²) in [6.07, 6.45) is 2.86. The zero-order valence-corrected chi connectivity index (χ0v) is 8.49. The molecule has 1 aliphatic rings. The predicted octanol–water partition coefficient (Wildman–Crippen LogP) is 0.814. The van der Waals surface area contributed by atoms with Gasteiger partial charge in [-0.25, -0.2) is 4.98 Å². The number of nitrogens with one attached hydrogen (secondary N) is 1. The van der Waals surface area contributed by atoms with E-state index in [1.807, 2.05) is 0 Å². The predicted molar refractivity (Wildman–Crippen MR) is 54.2 cm³/mol. The van der Waals surface area contributed by atoms with E-state index < -0.39 is 0 Å². The Kier molecular flexibility index (Phi) is 2.84. The number of nitrogens with two attached hydrogens (primary N) is 1. The van der Waals surface area contributed by atoms with E-state index in [0.717, 1.165) is 31.1 Å². The third-order valence-corrected chi connectivity index (χ3v) is 2.81. The van der Waals surface area contributed by atoms with Gasteiger partial charge < -0.3 is 15.5 Å². The van der Waals surface area contributed by atoms with Gasteiger partial charge in [0.25, 0.3) is 0 Å². The van der Waals surface area contributed by atoms with Crippen molar-refractivity contribution in [3.05, 3.63) is 17.8 Å². The van der Waals surface area contributed by atoms with Crippen LogP contribution < -0.4 is 11.1 Å². The fourth-order valence-electron chi connectivity index (χ4n) is 1.70. The summed E-state index contributed by atoms with van der Waals surface area (Å²) in [6.45, 7) is 4.73. The Morgan fingerprint density at radius 2 is 2.64 bits per heavy atom. The van der Waals surface area contributed by atoms with Crippen LogP contribution in [0.1, 0.15) is 36.8 Å². The monoisotopic (exact) mass is 195 g/mol. The van der Waals surface area contributed by atoms with Crippen LogP contribution in [0.25, 0.3) is 0 Å². The van der Waals surface area contributed by atoms with Crippen molar-refractivity contribution in [1.82, 2.24) is 10.3 Å². The van der Waals surface area contributed by atoms with Crippen LogP contribution in [-0.4, -0.2) is 24.6 Å². The van der Waals surface area contributed by atoms with E-state index in [9.17, 15) is 0 Å². The zero-order chi connectivity index (χ0) is 9.97. The Hall–Kier alpha value is -0.870. The quantitative estimate of drug-likeness (QED) is 0.749. The topological polar surface area (TPSA) is 64.1 Å². The molecular formula is C10H17N3O. The summed E-state index contributed by atoms with van der Waals surface area (Å²) in [5, 5.41) is 3.30. The number of nitrogens with zero attached hydrogens (tertiary/aromatic N) is 1. The fourth-order valence-corrected chi connectivity index (χ4v) is 1.70. The largest absolute Gasteiger partial charge is 0.448 e. The van der Waals surface area contributed by atoms with Crippen molar-refractivity contribution in [3.63, 3.8) is 0 Å². The van der Waals surface area contributed by atoms with Gasteiger partial charge >= 0.3 is 0 Å². The Morgan fingerprint density at radius 3 is 3.29 bits per heavy atom. The number of oxazole rings is 1. The maximum Gasteiger partial charge on any atom is 0.198 e. The molecule has 3 N–H and O–H groups in total. The average molecular weight is 195 g/mol. The lowest BCUT2D eigenvalue weighted by Gasteiger charge is -2.02. The van der Waals surface area contributed by atoms with Crippen LogP contribution in [0.4, 0.5) is 0 Å². The van der Waals surface area contributed by atoms with Crippen molar-refractivity contribution in [2.45, 2.75) is 25.2 Å². The van der Waals surface area contributed by atoms with Crippen molar-refractivity contribution in [3.8, 4) is 0 Å². The molecule has 0 saturated carbocycles. The minimum absolute atomic E-state index is 0.293. The maximum absolute atomic E-state index is 5.57. The summed E-state index contributed by atoms with van der Waals surface area (Å²) in [5.74, 6) is 1.61. The molecule has 0 aliphatic carbocycles. The molecule has 78 valence electrons. The summed E-state index contributed by atoms with van der Waals surface area (Å²) >= 11 is 0. The van der Waals surface area contributed by atoms with Gasteiger partial charge in [0.2, 0.25) is 0 Å². The van der Waals surface area contributed by atoms with Crippen molar-refractivity contribution in [2.75, 3.05) is 19.6 Å². The lowest BCUT2D eigenvalue weighted by Crippen LogP contribution is -2.10. The molecule has 14 heavy (non-hydrogen) atoms. The van der Waals surface area contributed by atoms with E-state index in [1.54, 1.807) is 6.26 Å². The van der Waals surface area contributed by atoms with Crippen molar-refractivity contribution >= 4 is 0 Å². The van der Waals surface area contributed by atoms with Crippen LogP contribution in [0.5, 0.6) is 0 Å². The molecule has 1 aromatic rings. The molecule has 1 aliphatic heterocycles. The Bertz CT molecular complexity index is 291. The van der Waals surface area contributed by atoms with Gasteiger partial charge in [0, 0.05) is 24.9 Å². The van der Waals surface area contributed by atoms with Crippen molar-refractivity contribution in [1.29, 1.82) is 0 Å². The summed E-state index contributed by atoms with van der Waals surface area (Å²) in [7, 11) is 0. The lowest BCUT2D eigenvalue weighted by molar-refractivity contribution is 0.457. The van der Waals surface area contributed by atoms with Crippen LogP contribution in [0.2, 0.25) is 0 Å². The van der Waals surface area contributed by atoms with E-state index >= 15 is 0 Å². The summed E-state index contributed by atoms with van der Waals surface area (Å²) < 4.78 is 5.46. The van der Waals surface area contributed by atoms with Crippen molar-refractivity contribution in [2.24, 2.45) is 5.73 Å². The van der Waals surface area contributed by atoms with Gasteiger partial charge in [0.05, 0.1) is 5.69 Å². The number of rotatable bonds is 3. The first kappa shape index (κ1) is 9.68.